The van der Waals surface area contributed by atoms with E-state index in [1.54, 1.807) is 13.2 Å². The van der Waals surface area contributed by atoms with Crippen LogP contribution in [0.2, 0.25) is 10.0 Å². The average molecular weight is 422 g/mol. The highest BCUT2D eigenvalue weighted by molar-refractivity contribution is 6.33. The van der Waals surface area contributed by atoms with Gasteiger partial charge in [0.25, 0.3) is 0 Å². The molecule has 2 aromatic carbocycles. The number of hydrogen-bond donors (Lipinski definition) is 1. The third kappa shape index (κ3) is 4.54. The molecule has 3 rings (SSSR count). The maximum Gasteiger partial charge on any atom is 0.241 e. The lowest BCUT2D eigenvalue weighted by atomic mass is 10.1. The summed E-state index contributed by atoms with van der Waals surface area (Å²) in [6.07, 6.45) is 0. The van der Waals surface area contributed by atoms with Gasteiger partial charge >= 0.3 is 0 Å². The fourth-order valence-electron chi connectivity index (χ4n) is 3.39. The number of piperazine rings is 1. The maximum atomic E-state index is 12.8. The van der Waals surface area contributed by atoms with Crippen molar-refractivity contribution >= 4 is 40.5 Å². The molecule has 1 aliphatic heterocycles. The van der Waals surface area contributed by atoms with Crippen LogP contribution < -0.4 is 15.0 Å². The summed E-state index contributed by atoms with van der Waals surface area (Å²) in [5.74, 6) is 0.492. The van der Waals surface area contributed by atoms with Gasteiger partial charge in [-0.05, 0) is 37.6 Å². The fraction of sp³-hybridized carbons (Fsp3) is 0.381. The van der Waals surface area contributed by atoms with Gasteiger partial charge in [0.05, 0.1) is 29.5 Å². The summed E-state index contributed by atoms with van der Waals surface area (Å²) in [6, 6.07) is 11.2. The molecule has 1 N–H and O–H groups in total. The molecule has 0 aromatic heterocycles. The van der Waals surface area contributed by atoms with Crippen LogP contribution in [0.5, 0.6) is 5.75 Å². The van der Waals surface area contributed by atoms with Crippen molar-refractivity contribution < 1.29 is 9.53 Å². The molecule has 2 aromatic rings. The van der Waals surface area contributed by atoms with Gasteiger partial charge in [-0.25, -0.2) is 0 Å². The number of nitrogens with one attached hydrogen (secondary N) is 1. The zero-order chi connectivity index (χ0) is 20.3. The molecule has 1 aliphatic rings. The normalized spacial score (nSPS) is 16.0. The number of nitrogens with zero attached hydrogens (tertiary/aromatic N) is 2. The number of amides is 1. The summed E-state index contributed by atoms with van der Waals surface area (Å²) in [5.41, 5.74) is 2.57. The van der Waals surface area contributed by atoms with Crippen LogP contribution in [0, 0.1) is 6.92 Å². The van der Waals surface area contributed by atoms with E-state index in [4.69, 9.17) is 27.9 Å². The van der Waals surface area contributed by atoms with Crippen LogP contribution in [0.3, 0.4) is 0 Å². The van der Waals surface area contributed by atoms with E-state index in [1.165, 1.54) is 0 Å². The number of ether oxygens (including phenoxy) is 1. The number of benzene rings is 2. The van der Waals surface area contributed by atoms with Gasteiger partial charge in [0.15, 0.2) is 0 Å². The number of methoxy groups -OCH3 is 1. The molecule has 7 heteroatoms. The third-order valence-corrected chi connectivity index (χ3v) is 5.90. The molecule has 28 heavy (non-hydrogen) atoms. The van der Waals surface area contributed by atoms with E-state index >= 15 is 0 Å². The number of halogens is 2. The van der Waals surface area contributed by atoms with E-state index < -0.39 is 0 Å². The van der Waals surface area contributed by atoms with Crippen molar-refractivity contribution in [2.45, 2.75) is 19.9 Å². The van der Waals surface area contributed by atoms with Gasteiger partial charge in [0.1, 0.15) is 5.75 Å². The van der Waals surface area contributed by atoms with E-state index in [-0.39, 0.29) is 11.9 Å². The highest BCUT2D eigenvalue weighted by Crippen LogP contribution is 2.31. The molecule has 0 saturated carbocycles. The number of hydrogen-bond acceptors (Lipinski definition) is 4. The van der Waals surface area contributed by atoms with Gasteiger partial charge in [0.2, 0.25) is 5.91 Å². The Morgan fingerprint density at radius 3 is 2.43 bits per heavy atom. The van der Waals surface area contributed by atoms with Gasteiger partial charge in [-0.1, -0.05) is 35.3 Å². The molecule has 5 nitrogen and oxygen atoms in total. The molecule has 1 atom stereocenters. The maximum absolute atomic E-state index is 12.8. The summed E-state index contributed by atoms with van der Waals surface area (Å²) >= 11 is 12.5. The largest absolute Gasteiger partial charge is 0.495 e. The molecular formula is C21H25Cl2N3O2. The Balaban J connectivity index is 1.62. The van der Waals surface area contributed by atoms with E-state index in [2.05, 4.69) is 15.1 Å². The molecule has 1 heterocycles. The first-order valence-corrected chi connectivity index (χ1v) is 10.0. The van der Waals surface area contributed by atoms with Crippen LogP contribution in [0.25, 0.3) is 0 Å². The van der Waals surface area contributed by atoms with Crippen molar-refractivity contribution in [1.29, 1.82) is 0 Å². The lowest BCUT2D eigenvalue weighted by Crippen LogP contribution is -2.52. The minimum atomic E-state index is -0.255. The van der Waals surface area contributed by atoms with E-state index in [9.17, 15) is 4.79 Å². The molecule has 1 saturated heterocycles. The van der Waals surface area contributed by atoms with Crippen LogP contribution in [0.15, 0.2) is 36.4 Å². The van der Waals surface area contributed by atoms with Crippen molar-refractivity contribution in [3.05, 3.63) is 52.0 Å². The summed E-state index contributed by atoms with van der Waals surface area (Å²) in [5, 5.41) is 4.35. The van der Waals surface area contributed by atoms with Crippen LogP contribution in [-0.2, 0) is 4.79 Å². The zero-order valence-electron chi connectivity index (χ0n) is 16.3. The predicted molar refractivity (Wildman–Crippen MR) is 116 cm³/mol. The predicted octanol–water partition coefficient (Wildman–Crippen LogP) is 4.46. The van der Waals surface area contributed by atoms with Gasteiger partial charge in [-0.15, -0.1) is 0 Å². The van der Waals surface area contributed by atoms with Crippen LogP contribution in [-0.4, -0.2) is 50.1 Å². The van der Waals surface area contributed by atoms with E-state index in [0.717, 1.165) is 42.5 Å². The van der Waals surface area contributed by atoms with E-state index in [1.807, 2.05) is 44.2 Å². The Morgan fingerprint density at radius 1 is 1.11 bits per heavy atom. The molecule has 1 unspecified atom stereocenters. The monoisotopic (exact) mass is 421 g/mol. The molecular weight excluding hydrogens is 397 g/mol. The topological polar surface area (TPSA) is 44.8 Å². The second-order valence-electron chi connectivity index (χ2n) is 6.94. The SMILES string of the molecule is COc1cc(Cl)c(C)cc1NC(=O)C(C)N1CCN(c2ccccc2Cl)CC1. The van der Waals surface area contributed by atoms with Crippen molar-refractivity contribution in [3.8, 4) is 5.75 Å². The third-order valence-electron chi connectivity index (χ3n) is 5.17. The highest BCUT2D eigenvalue weighted by atomic mass is 35.5. The van der Waals surface area contributed by atoms with Gasteiger partial charge in [-0.3, -0.25) is 9.69 Å². The minimum Gasteiger partial charge on any atom is -0.495 e. The summed E-state index contributed by atoms with van der Waals surface area (Å²) < 4.78 is 5.35. The Morgan fingerprint density at radius 2 is 1.79 bits per heavy atom. The second-order valence-corrected chi connectivity index (χ2v) is 7.76. The Bertz CT molecular complexity index is 852. The average Bonchev–Trinajstić information content (AvgIpc) is 2.70. The number of carbonyl (C=O) groups is 1. The first-order chi connectivity index (χ1) is 13.4. The van der Waals surface area contributed by atoms with Crippen molar-refractivity contribution in [2.24, 2.45) is 0 Å². The lowest BCUT2D eigenvalue weighted by Gasteiger charge is -2.38. The van der Waals surface area contributed by atoms with Crippen LogP contribution in [0.4, 0.5) is 11.4 Å². The molecule has 0 aliphatic carbocycles. The minimum absolute atomic E-state index is 0.0637. The molecule has 0 radical (unpaired) electrons. The van der Waals surface area contributed by atoms with Crippen LogP contribution in [0.1, 0.15) is 12.5 Å². The second kappa shape index (κ2) is 9.03. The summed E-state index contributed by atoms with van der Waals surface area (Å²) in [7, 11) is 1.56. The number of anilines is 2. The smallest absolute Gasteiger partial charge is 0.241 e. The standard InChI is InChI=1S/C21H25Cl2N3O2/c1-14-12-18(20(28-3)13-17(14)23)24-21(27)15(2)25-8-10-26(11-9-25)19-7-5-4-6-16(19)22/h4-7,12-13,15H,8-11H2,1-3H3,(H,24,27). The first kappa shape index (κ1) is 20.8. The van der Waals surface area contributed by atoms with Gasteiger partial charge in [-0.2, -0.15) is 0 Å². The number of rotatable bonds is 5. The fourth-order valence-corrected chi connectivity index (χ4v) is 3.80. The van der Waals surface area contributed by atoms with Crippen molar-refractivity contribution in [3.63, 3.8) is 0 Å². The zero-order valence-corrected chi connectivity index (χ0v) is 17.8. The van der Waals surface area contributed by atoms with Crippen LogP contribution >= 0.6 is 23.2 Å². The lowest BCUT2D eigenvalue weighted by molar-refractivity contribution is -0.120. The molecule has 1 fully saturated rings. The number of carbonyl (C=O) groups excluding carboxylic acids is 1. The van der Waals surface area contributed by atoms with Crippen molar-refractivity contribution in [2.75, 3.05) is 43.5 Å². The Kier molecular flexibility index (Phi) is 6.70. The Hall–Kier alpha value is -1.95. The van der Waals surface area contributed by atoms with E-state index in [0.29, 0.717) is 16.5 Å². The highest BCUT2D eigenvalue weighted by Gasteiger charge is 2.27. The molecule has 150 valence electrons. The van der Waals surface area contributed by atoms with Gasteiger partial charge in [0, 0.05) is 37.3 Å². The number of aryl methyl sites for hydroxylation is 1. The van der Waals surface area contributed by atoms with Crippen molar-refractivity contribution in [1.82, 2.24) is 4.90 Å². The quantitative estimate of drug-likeness (QED) is 0.773. The molecule has 1 amide bonds. The van der Waals surface area contributed by atoms with Gasteiger partial charge < -0.3 is 15.0 Å². The first-order valence-electron chi connectivity index (χ1n) is 9.29. The summed E-state index contributed by atoms with van der Waals surface area (Å²) in [6.45, 7) is 7.05. The Labute approximate surface area is 176 Å². The number of para-hydroxylation sites is 1. The summed E-state index contributed by atoms with van der Waals surface area (Å²) in [4.78, 5) is 17.2. The molecule has 0 bridgehead atoms. The molecule has 0 spiro atoms.